The third kappa shape index (κ3) is 3.41. The summed E-state index contributed by atoms with van der Waals surface area (Å²) < 4.78 is 1.30. The fourth-order valence-corrected chi connectivity index (χ4v) is 4.83. The number of hydrazine groups is 1. The van der Waals surface area contributed by atoms with Gasteiger partial charge in [0.05, 0.1) is 11.4 Å². The summed E-state index contributed by atoms with van der Waals surface area (Å²) in [5.74, 6) is 1.17. The van der Waals surface area contributed by atoms with Crippen LogP contribution < -0.4 is 16.4 Å². The molecular weight excluding hydrogens is 356 g/mol. The molecule has 2 N–H and O–H groups in total. The zero-order valence-electron chi connectivity index (χ0n) is 16.3. The summed E-state index contributed by atoms with van der Waals surface area (Å²) in [6.45, 7) is 3.67. The van der Waals surface area contributed by atoms with Crippen LogP contribution in [0.4, 0.5) is 0 Å². The molecule has 0 saturated heterocycles. The SMILES string of the molecule is CC(C)n1nc(C(=O)NNC(=O)CC2CC3CCC2C3)c2ccccc2c1=O. The van der Waals surface area contributed by atoms with Gasteiger partial charge in [0.1, 0.15) is 0 Å². The third-order valence-corrected chi connectivity index (χ3v) is 6.18. The van der Waals surface area contributed by atoms with Crippen LogP contribution in [-0.4, -0.2) is 21.6 Å². The van der Waals surface area contributed by atoms with E-state index in [9.17, 15) is 14.4 Å². The Hall–Kier alpha value is -2.70. The second-order valence-corrected chi connectivity index (χ2v) is 8.38. The van der Waals surface area contributed by atoms with Crippen LogP contribution in [0.15, 0.2) is 29.1 Å². The van der Waals surface area contributed by atoms with Crippen molar-refractivity contribution in [1.29, 1.82) is 0 Å². The summed E-state index contributed by atoms with van der Waals surface area (Å²) in [6, 6.07) is 6.71. The first-order valence-electron chi connectivity index (χ1n) is 10.0. The van der Waals surface area contributed by atoms with Gasteiger partial charge in [-0.15, -0.1) is 0 Å². The minimum atomic E-state index is -0.521. The maximum absolute atomic E-state index is 12.7. The average Bonchev–Trinajstić information content (AvgIpc) is 3.29. The monoisotopic (exact) mass is 382 g/mol. The number of hydrogen-bond acceptors (Lipinski definition) is 4. The van der Waals surface area contributed by atoms with Crippen molar-refractivity contribution in [1.82, 2.24) is 20.6 Å². The van der Waals surface area contributed by atoms with Gasteiger partial charge in [-0.2, -0.15) is 5.10 Å². The quantitative estimate of drug-likeness (QED) is 0.795. The molecule has 2 aliphatic carbocycles. The molecule has 7 nitrogen and oxygen atoms in total. The molecule has 2 fully saturated rings. The predicted molar refractivity (Wildman–Crippen MR) is 106 cm³/mol. The van der Waals surface area contributed by atoms with Gasteiger partial charge in [0.15, 0.2) is 5.69 Å². The summed E-state index contributed by atoms with van der Waals surface area (Å²) in [7, 11) is 0. The lowest BCUT2D eigenvalue weighted by atomic mass is 9.86. The Balaban J connectivity index is 1.48. The molecule has 28 heavy (non-hydrogen) atoms. The second kappa shape index (κ2) is 7.37. The van der Waals surface area contributed by atoms with Crippen LogP contribution in [0.25, 0.3) is 10.8 Å². The minimum absolute atomic E-state index is 0.129. The number of fused-ring (bicyclic) bond motifs is 3. The van der Waals surface area contributed by atoms with Crippen LogP contribution in [0.2, 0.25) is 0 Å². The molecule has 3 unspecified atom stereocenters. The summed E-state index contributed by atoms with van der Waals surface area (Å²) in [5.41, 5.74) is 4.90. The van der Waals surface area contributed by atoms with E-state index in [1.54, 1.807) is 24.3 Å². The molecule has 2 aliphatic rings. The molecule has 1 heterocycles. The number of carbonyl (C=O) groups excluding carboxylic acids is 2. The summed E-state index contributed by atoms with van der Waals surface area (Å²) in [6.07, 6.45) is 5.33. The molecule has 1 aromatic heterocycles. The average molecular weight is 382 g/mol. The van der Waals surface area contributed by atoms with E-state index in [0.29, 0.717) is 29.0 Å². The highest BCUT2D eigenvalue weighted by Crippen LogP contribution is 2.49. The Morgan fingerprint density at radius 2 is 1.89 bits per heavy atom. The van der Waals surface area contributed by atoms with Crippen LogP contribution in [0.5, 0.6) is 0 Å². The number of nitrogens with one attached hydrogen (secondary N) is 2. The normalized spacial score (nSPS) is 23.3. The van der Waals surface area contributed by atoms with E-state index >= 15 is 0 Å². The molecule has 2 saturated carbocycles. The molecule has 4 rings (SSSR count). The Kier molecular flexibility index (Phi) is 4.91. The molecule has 0 aliphatic heterocycles. The molecular formula is C21H26N4O3. The third-order valence-electron chi connectivity index (χ3n) is 6.18. The van der Waals surface area contributed by atoms with E-state index in [1.807, 2.05) is 13.8 Å². The summed E-state index contributed by atoms with van der Waals surface area (Å²) in [5, 5.41) is 5.16. The van der Waals surface area contributed by atoms with Crippen molar-refractivity contribution < 1.29 is 9.59 Å². The molecule has 7 heteroatoms. The van der Waals surface area contributed by atoms with E-state index in [2.05, 4.69) is 16.0 Å². The Bertz CT molecular complexity index is 981. The molecule has 2 aromatic rings. The lowest BCUT2D eigenvalue weighted by molar-refractivity contribution is -0.123. The van der Waals surface area contributed by atoms with Crippen LogP contribution in [0, 0.1) is 17.8 Å². The van der Waals surface area contributed by atoms with Gasteiger partial charge in [-0.05, 0) is 56.9 Å². The smallest absolute Gasteiger partial charge is 0.273 e. The number of nitrogens with zero attached hydrogens (tertiary/aromatic N) is 2. The fraction of sp³-hybridized carbons (Fsp3) is 0.524. The molecule has 2 bridgehead atoms. The maximum Gasteiger partial charge on any atom is 0.290 e. The van der Waals surface area contributed by atoms with Crippen LogP contribution in [-0.2, 0) is 4.79 Å². The van der Waals surface area contributed by atoms with Gasteiger partial charge in [0, 0.05) is 11.8 Å². The minimum Gasteiger partial charge on any atom is -0.273 e. The standard InChI is InChI=1S/C21H26N4O3/c1-12(2)25-21(28)17-6-4-3-5-16(17)19(24-25)20(27)23-22-18(26)11-15-10-13-7-8-14(15)9-13/h3-6,12-15H,7-11H2,1-2H3,(H,22,26)(H,23,27). The highest BCUT2D eigenvalue weighted by Gasteiger charge is 2.40. The number of benzene rings is 1. The fourth-order valence-electron chi connectivity index (χ4n) is 4.83. The van der Waals surface area contributed by atoms with Crippen molar-refractivity contribution in [2.24, 2.45) is 17.8 Å². The molecule has 148 valence electrons. The first kappa shape index (κ1) is 18.7. The molecule has 0 spiro atoms. The van der Waals surface area contributed by atoms with Crippen LogP contribution in [0.3, 0.4) is 0 Å². The van der Waals surface area contributed by atoms with E-state index in [4.69, 9.17) is 0 Å². The summed E-state index contributed by atoms with van der Waals surface area (Å²) >= 11 is 0. The lowest BCUT2D eigenvalue weighted by Crippen LogP contribution is -2.43. The second-order valence-electron chi connectivity index (χ2n) is 8.38. The van der Waals surface area contributed by atoms with E-state index in [1.165, 1.54) is 23.9 Å². The van der Waals surface area contributed by atoms with E-state index < -0.39 is 5.91 Å². The van der Waals surface area contributed by atoms with Crippen molar-refractivity contribution in [3.63, 3.8) is 0 Å². The van der Waals surface area contributed by atoms with Gasteiger partial charge in [-0.25, -0.2) is 4.68 Å². The van der Waals surface area contributed by atoms with Gasteiger partial charge >= 0.3 is 0 Å². The Labute approximate surface area is 163 Å². The van der Waals surface area contributed by atoms with Gasteiger partial charge in [-0.3, -0.25) is 25.2 Å². The number of aromatic nitrogens is 2. The number of rotatable bonds is 4. The summed E-state index contributed by atoms with van der Waals surface area (Å²) in [4.78, 5) is 37.6. The topological polar surface area (TPSA) is 93.1 Å². The van der Waals surface area contributed by atoms with Gasteiger partial charge in [0.25, 0.3) is 11.5 Å². The first-order chi connectivity index (χ1) is 13.4. The highest BCUT2D eigenvalue weighted by atomic mass is 16.2. The maximum atomic E-state index is 12.7. The van der Waals surface area contributed by atoms with Crippen LogP contribution >= 0.6 is 0 Å². The molecule has 0 radical (unpaired) electrons. The Morgan fingerprint density at radius 3 is 2.54 bits per heavy atom. The van der Waals surface area contributed by atoms with E-state index in [0.717, 1.165) is 12.3 Å². The number of amides is 2. The van der Waals surface area contributed by atoms with Gasteiger partial charge in [-0.1, -0.05) is 24.6 Å². The van der Waals surface area contributed by atoms with E-state index in [-0.39, 0.29) is 23.2 Å². The van der Waals surface area contributed by atoms with Gasteiger partial charge in [0.2, 0.25) is 5.91 Å². The molecule has 1 aromatic carbocycles. The van der Waals surface area contributed by atoms with Gasteiger partial charge < -0.3 is 0 Å². The van der Waals surface area contributed by atoms with Crippen molar-refractivity contribution in [3.05, 3.63) is 40.3 Å². The van der Waals surface area contributed by atoms with Crippen molar-refractivity contribution in [2.75, 3.05) is 0 Å². The zero-order valence-corrected chi connectivity index (χ0v) is 16.3. The van der Waals surface area contributed by atoms with Crippen molar-refractivity contribution in [2.45, 2.75) is 52.0 Å². The largest absolute Gasteiger partial charge is 0.290 e. The molecule has 2 amide bonds. The first-order valence-corrected chi connectivity index (χ1v) is 10.0. The van der Waals surface area contributed by atoms with Crippen LogP contribution in [0.1, 0.15) is 62.5 Å². The molecule has 3 atom stereocenters. The number of carbonyl (C=O) groups is 2. The van der Waals surface area contributed by atoms with Crippen molar-refractivity contribution >= 4 is 22.6 Å². The zero-order chi connectivity index (χ0) is 19.8. The predicted octanol–water partition coefficient (Wildman–Crippen LogP) is 2.56. The lowest BCUT2D eigenvalue weighted by Gasteiger charge is -2.21. The number of hydrogen-bond donors (Lipinski definition) is 2. The highest BCUT2D eigenvalue weighted by molar-refractivity contribution is 6.05. The van der Waals surface area contributed by atoms with Crippen molar-refractivity contribution in [3.8, 4) is 0 Å². The Morgan fingerprint density at radius 1 is 1.14 bits per heavy atom.